The third kappa shape index (κ3) is 3.49. The number of hydrogen-bond acceptors (Lipinski definition) is 3. The summed E-state index contributed by atoms with van der Waals surface area (Å²) in [6, 6.07) is 17.1. The summed E-state index contributed by atoms with van der Waals surface area (Å²) in [6.07, 6.45) is 0. The van der Waals surface area contributed by atoms with E-state index in [4.69, 9.17) is 11.6 Å². The van der Waals surface area contributed by atoms with Crippen molar-refractivity contribution in [2.24, 2.45) is 0 Å². The molecule has 0 radical (unpaired) electrons. The first-order valence-electron chi connectivity index (χ1n) is 7.64. The molecular weight excluding hydrogens is 322 g/mol. The van der Waals surface area contributed by atoms with Crippen LogP contribution in [0.2, 0.25) is 5.15 Å². The van der Waals surface area contributed by atoms with Gasteiger partial charge in [-0.15, -0.1) is 0 Å². The van der Waals surface area contributed by atoms with Crippen molar-refractivity contribution < 1.29 is 4.79 Å². The molecule has 122 valence electrons. The summed E-state index contributed by atoms with van der Waals surface area (Å²) >= 11 is 6.04. The van der Waals surface area contributed by atoms with Gasteiger partial charge >= 0.3 is 0 Å². The number of nitrogens with one attached hydrogen (secondary N) is 1. The van der Waals surface area contributed by atoms with E-state index in [0.717, 1.165) is 16.6 Å². The minimum absolute atomic E-state index is 0.161. The predicted molar refractivity (Wildman–Crippen MR) is 98.7 cm³/mol. The Bertz CT molecular complexity index is 893. The molecule has 0 fully saturated rings. The van der Waals surface area contributed by atoms with E-state index in [-0.39, 0.29) is 5.91 Å². The second-order valence-corrected chi connectivity index (χ2v) is 6.14. The van der Waals surface area contributed by atoms with Gasteiger partial charge in [-0.3, -0.25) is 4.79 Å². The van der Waals surface area contributed by atoms with Crippen LogP contribution in [-0.4, -0.2) is 25.0 Å². The lowest BCUT2D eigenvalue weighted by Gasteiger charge is -2.14. The maximum atomic E-state index is 12.6. The minimum Gasteiger partial charge on any atom is -0.378 e. The largest absolute Gasteiger partial charge is 0.378 e. The third-order valence-electron chi connectivity index (χ3n) is 3.81. The van der Waals surface area contributed by atoms with Crippen molar-refractivity contribution in [1.29, 1.82) is 0 Å². The fourth-order valence-corrected chi connectivity index (χ4v) is 2.75. The third-order valence-corrected chi connectivity index (χ3v) is 4.00. The molecule has 0 aliphatic carbocycles. The van der Waals surface area contributed by atoms with E-state index in [1.807, 2.05) is 61.5 Å². The summed E-state index contributed by atoms with van der Waals surface area (Å²) in [5.74, 6) is -0.161. The zero-order chi connectivity index (χ0) is 17.1. The zero-order valence-electron chi connectivity index (χ0n) is 13.6. The topological polar surface area (TPSA) is 45.2 Å². The van der Waals surface area contributed by atoms with Crippen LogP contribution in [0.4, 0.5) is 5.69 Å². The number of benzene rings is 2. The van der Waals surface area contributed by atoms with Crippen molar-refractivity contribution in [2.45, 2.75) is 6.54 Å². The molecule has 24 heavy (non-hydrogen) atoms. The van der Waals surface area contributed by atoms with Gasteiger partial charge in [0, 0.05) is 31.7 Å². The maximum absolute atomic E-state index is 12.6. The van der Waals surface area contributed by atoms with Crippen molar-refractivity contribution in [2.75, 3.05) is 19.0 Å². The van der Waals surface area contributed by atoms with Gasteiger partial charge in [0.2, 0.25) is 0 Å². The number of rotatable bonds is 4. The molecule has 1 N–H and O–H groups in total. The quantitative estimate of drug-likeness (QED) is 0.734. The summed E-state index contributed by atoms with van der Waals surface area (Å²) < 4.78 is 0. The van der Waals surface area contributed by atoms with Crippen LogP contribution in [0, 0.1) is 0 Å². The predicted octanol–water partition coefficient (Wildman–Crippen LogP) is 3.88. The average molecular weight is 340 g/mol. The highest BCUT2D eigenvalue weighted by Crippen LogP contribution is 2.21. The van der Waals surface area contributed by atoms with E-state index in [1.54, 1.807) is 6.07 Å². The highest BCUT2D eigenvalue weighted by molar-refractivity contribution is 6.30. The molecule has 4 nitrogen and oxygen atoms in total. The molecule has 0 aliphatic heterocycles. The van der Waals surface area contributed by atoms with Crippen LogP contribution in [-0.2, 0) is 6.54 Å². The van der Waals surface area contributed by atoms with E-state index in [1.165, 1.54) is 0 Å². The first-order valence-corrected chi connectivity index (χ1v) is 8.02. The Morgan fingerprint density at radius 2 is 1.92 bits per heavy atom. The normalized spacial score (nSPS) is 10.6. The lowest BCUT2D eigenvalue weighted by molar-refractivity contribution is 0.0952. The molecule has 1 heterocycles. The van der Waals surface area contributed by atoms with Crippen LogP contribution < -0.4 is 10.2 Å². The van der Waals surface area contributed by atoms with E-state index < -0.39 is 0 Å². The summed E-state index contributed by atoms with van der Waals surface area (Å²) in [4.78, 5) is 18.9. The Kier molecular flexibility index (Phi) is 4.67. The van der Waals surface area contributed by atoms with Crippen LogP contribution in [0.1, 0.15) is 15.9 Å². The van der Waals surface area contributed by atoms with Crippen LogP contribution in [0.25, 0.3) is 10.9 Å². The molecule has 1 aromatic heterocycles. The number of hydrogen-bond donors (Lipinski definition) is 1. The highest BCUT2D eigenvalue weighted by Gasteiger charge is 2.12. The van der Waals surface area contributed by atoms with Gasteiger partial charge in [0.05, 0.1) is 11.1 Å². The molecular formula is C19H18ClN3O. The van der Waals surface area contributed by atoms with Crippen molar-refractivity contribution >= 4 is 34.1 Å². The summed E-state index contributed by atoms with van der Waals surface area (Å²) in [5.41, 5.74) is 3.39. The van der Waals surface area contributed by atoms with E-state index >= 15 is 0 Å². The number of carbonyl (C=O) groups excluding carboxylic acids is 1. The minimum atomic E-state index is -0.161. The lowest BCUT2D eigenvalue weighted by Crippen LogP contribution is -2.23. The van der Waals surface area contributed by atoms with Crippen LogP contribution in [0.15, 0.2) is 54.6 Å². The Morgan fingerprint density at radius 1 is 1.12 bits per heavy atom. The summed E-state index contributed by atoms with van der Waals surface area (Å²) in [6.45, 7) is 0.453. The molecule has 0 aliphatic rings. The number of nitrogens with zero attached hydrogens (tertiary/aromatic N) is 2. The van der Waals surface area contributed by atoms with Crippen LogP contribution in [0.5, 0.6) is 0 Å². The molecule has 1 amide bonds. The van der Waals surface area contributed by atoms with Crippen LogP contribution >= 0.6 is 11.6 Å². The number of aromatic nitrogens is 1. The second-order valence-electron chi connectivity index (χ2n) is 5.76. The van der Waals surface area contributed by atoms with Crippen molar-refractivity contribution in [3.8, 4) is 0 Å². The van der Waals surface area contributed by atoms with E-state index in [0.29, 0.717) is 22.8 Å². The maximum Gasteiger partial charge on any atom is 0.252 e. The fourth-order valence-electron chi connectivity index (χ4n) is 2.55. The second kappa shape index (κ2) is 6.89. The summed E-state index contributed by atoms with van der Waals surface area (Å²) in [5, 5.41) is 4.06. The van der Waals surface area contributed by atoms with Gasteiger partial charge in [-0.2, -0.15) is 0 Å². The molecule has 0 saturated carbocycles. The van der Waals surface area contributed by atoms with Gasteiger partial charge in [0.25, 0.3) is 5.91 Å². The smallest absolute Gasteiger partial charge is 0.252 e. The average Bonchev–Trinajstić information content (AvgIpc) is 2.59. The number of amides is 1. The van der Waals surface area contributed by atoms with Crippen molar-refractivity contribution in [3.63, 3.8) is 0 Å². The van der Waals surface area contributed by atoms with Crippen LogP contribution in [0.3, 0.4) is 0 Å². The Balaban J connectivity index is 1.82. The van der Waals surface area contributed by atoms with Gasteiger partial charge in [0.1, 0.15) is 5.15 Å². The van der Waals surface area contributed by atoms with Gasteiger partial charge in [-0.1, -0.05) is 41.9 Å². The van der Waals surface area contributed by atoms with E-state index in [2.05, 4.69) is 16.4 Å². The molecule has 2 aromatic carbocycles. The van der Waals surface area contributed by atoms with Crippen molar-refractivity contribution in [3.05, 3.63) is 70.9 Å². The number of carbonyl (C=O) groups is 1. The first-order chi connectivity index (χ1) is 11.5. The lowest BCUT2D eigenvalue weighted by atomic mass is 10.1. The summed E-state index contributed by atoms with van der Waals surface area (Å²) in [7, 11) is 3.98. The standard InChI is InChI=1S/C19H18ClN3O/c1-23(2)14-7-5-6-13(10-14)12-21-19(24)16-11-18(20)22-17-9-4-3-8-15(16)17/h3-11H,12H2,1-2H3,(H,21,24). The first kappa shape index (κ1) is 16.3. The number of fused-ring (bicyclic) bond motifs is 1. The Morgan fingerprint density at radius 3 is 2.71 bits per heavy atom. The SMILES string of the molecule is CN(C)c1cccc(CNC(=O)c2cc(Cl)nc3ccccc23)c1. The molecule has 3 aromatic rings. The van der Waals surface area contributed by atoms with Gasteiger partial charge in [-0.05, 0) is 29.8 Å². The molecule has 0 saturated heterocycles. The van der Waals surface area contributed by atoms with Gasteiger partial charge in [0.15, 0.2) is 0 Å². The number of halogens is 1. The molecule has 3 rings (SSSR count). The van der Waals surface area contributed by atoms with Gasteiger partial charge < -0.3 is 10.2 Å². The van der Waals surface area contributed by atoms with Crippen molar-refractivity contribution in [1.82, 2.24) is 10.3 Å². The molecule has 0 bridgehead atoms. The Hall–Kier alpha value is -2.59. The molecule has 0 spiro atoms. The number of anilines is 1. The Labute approximate surface area is 146 Å². The molecule has 0 unspecified atom stereocenters. The number of para-hydroxylation sites is 1. The van der Waals surface area contributed by atoms with E-state index in [9.17, 15) is 4.79 Å². The molecule has 0 atom stereocenters. The number of pyridine rings is 1. The zero-order valence-corrected chi connectivity index (χ0v) is 14.3. The van der Waals surface area contributed by atoms with Gasteiger partial charge in [-0.25, -0.2) is 4.98 Å². The highest BCUT2D eigenvalue weighted by atomic mass is 35.5. The fraction of sp³-hybridized carbons (Fsp3) is 0.158. The monoisotopic (exact) mass is 339 g/mol. The molecule has 5 heteroatoms.